The number of nitrogens with zero attached hydrogens (tertiary/aromatic N) is 1. The van der Waals surface area contributed by atoms with E-state index in [1.165, 1.54) is 12.2 Å². The van der Waals surface area contributed by atoms with E-state index in [-0.39, 0.29) is 36.8 Å². The van der Waals surface area contributed by atoms with Gasteiger partial charge in [0.2, 0.25) is 5.91 Å². The first kappa shape index (κ1) is 20.6. The maximum Gasteiger partial charge on any atom is 0.253 e. The van der Waals surface area contributed by atoms with E-state index < -0.39 is 16.7 Å². The Morgan fingerprint density at radius 2 is 1.85 bits per heavy atom. The Hall–Kier alpha value is -1.73. The molecule has 0 aliphatic carbocycles. The molecule has 26 heavy (non-hydrogen) atoms. The molecule has 2 rings (SSSR count). The highest BCUT2D eigenvalue weighted by Crippen LogP contribution is 2.51. The first-order valence-electron chi connectivity index (χ1n) is 9.11. The molecule has 0 aromatic heterocycles. The van der Waals surface area contributed by atoms with E-state index in [9.17, 15) is 14.4 Å². The summed E-state index contributed by atoms with van der Waals surface area (Å²) in [6.45, 7) is 12.6. The van der Waals surface area contributed by atoms with Gasteiger partial charge in [-0.2, -0.15) is 0 Å². The Morgan fingerprint density at radius 1 is 1.27 bits per heavy atom. The maximum absolute atomic E-state index is 12.3. The molecule has 7 nitrogen and oxygen atoms in total. The molecule has 7 heteroatoms. The zero-order chi connectivity index (χ0) is 19.8. The van der Waals surface area contributed by atoms with Gasteiger partial charge in [-0.05, 0) is 41.0 Å². The minimum absolute atomic E-state index is 0.0573. The van der Waals surface area contributed by atoms with Crippen molar-refractivity contribution < 1.29 is 23.9 Å². The second kappa shape index (κ2) is 7.12. The van der Waals surface area contributed by atoms with Gasteiger partial charge in [-0.15, -0.1) is 0 Å². The molecule has 2 aliphatic rings. The van der Waals surface area contributed by atoms with Crippen LogP contribution >= 0.6 is 0 Å². The Balaban J connectivity index is 1.89. The highest BCUT2D eigenvalue weighted by Gasteiger charge is 2.67. The third-order valence-electron chi connectivity index (χ3n) is 5.25. The second-order valence-electron chi connectivity index (χ2n) is 8.15. The molecule has 2 unspecified atom stereocenters. The van der Waals surface area contributed by atoms with Gasteiger partial charge in [0.05, 0.1) is 11.1 Å². The standard InChI is InChI=1S/C19H30N2O5/c1-7-12-25-18(4,5)19(6)16(26-19)17(2,3)20-13(22)10-11-21-14(23)8-9-15(21)24/h8-9,16H,7,10-12H2,1-6H3,(H,20,22). The smallest absolute Gasteiger partial charge is 0.253 e. The van der Waals surface area contributed by atoms with E-state index in [1.807, 2.05) is 34.6 Å². The molecule has 146 valence electrons. The molecular weight excluding hydrogens is 336 g/mol. The van der Waals surface area contributed by atoms with Crippen molar-refractivity contribution in [2.45, 2.75) is 77.2 Å². The molecule has 0 spiro atoms. The molecule has 0 aromatic carbocycles. The van der Waals surface area contributed by atoms with Crippen LogP contribution in [0.25, 0.3) is 0 Å². The molecular formula is C19H30N2O5. The van der Waals surface area contributed by atoms with Crippen LogP contribution in [0.4, 0.5) is 0 Å². The van der Waals surface area contributed by atoms with E-state index in [0.717, 1.165) is 11.3 Å². The lowest BCUT2D eigenvalue weighted by atomic mass is 9.82. The number of rotatable bonds is 9. The number of epoxide rings is 1. The zero-order valence-corrected chi connectivity index (χ0v) is 16.5. The molecule has 1 N–H and O–H groups in total. The van der Waals surface area contributed by atoms with Gasteiger partial charge >= 0.3 is 0 Å². The fourth-order valence-electron chi connectivity index (χ4n) is 3.36. The van der Waals surface area contributed by atoms with Crippen molar-refractivity contribution in [3.8, 4) is 0 Å². The SMILES string of the molecule is CCCOC(C)(C)C1(C)OC1C(C)(C)NC(=O)CCN1C(=O)C=CC1=O. The number of nitrogens with one attached hydrogen (secondary N) is 1. The zero-order valence-electron chi connectivity index (χ0n) is 16.5. The van der Waals surface area contributed by atoms with E-state index in [1.54, 1.807) is 0 Å². The Kier molecular flexibility index (Phi) is 5.63. The normalized spacial score (nSPS) is 25.8. The lowest BCUT2D eigenvalue weighted by molar-refractivity contribution is -0.137. The highest BCUT2D eigenvalue weighted by atomic mass is 16.6. The van der Waals surface area contributed by atoms with Crippen molar-refractivity contribution in [2.24, 2.45) is 0 Å². The topological polar surface area (TPSA) is 88.2 Å². The second-order valence-corrected chi connectivity index (χ2v) is 8.15. The van der Waals surface area contributed by atoms with Gasteiger partial charge < -0.3 is 14.8 Å². The molecule has 3 amide bonds. The van der Waals surface area contributed by atoms with Crippen LogP contribution in [0.15, 0.2) is 12.2 Å². The third kappa shape index (κ3) is 3.99. The van der Waals surface area contributed by atoms with E-state index in [4.69, 9.17) is 9.47 Å². The summed E-state index contributed by atoms with van der Waals surface area (Å²) in [6, 6.07) is 0. The van der Waals surface area contributed by atoms with Crippen molar-refractivity contribution in [1.82, 2.24) is 10.2 Å². The van der Waals surface area contributed by atoms with Crippen LogP contribution < -0.4 is 5.32 Å². The predicted octanol–water partition coefficient (Wildman–Crippen LogP) is 1.56. The van der Waals surface area contributed by atoms with Crippen LogP contribution in [0.5, 0.6) is 0 Å². The first-order chi connectivity index (χ1) is 11.9. The van der Waals surface area contributed by atoms with E-state index in [2.05, 4.69) is 12.2 Å². The summed E-state index contributed by atoms with van der Waals surface area (Å²) in [5.74, 6) is -0.988. The van der Waals surface area contributed by atoms with Crippen LogP contribution in [-0.4, -0.2) is 58.6 Å². The number of amides is 3. The minimum atomic E-state index is -0.601. The molecule has 0 radical (unpaired) electrons. The first-order valence-corrected chi connectivity index (χ1v) is 9.11. The van der Waals surface area contributed by atoms with E-state index in [0.29, 0.717) is 6.61 Å². The molecule has 0 aromatic rings. The van der Waals surface area contributed by atoms with Crippen LogP contribution in [0.3, 0.4) is 0 Å². The summed E-state index contributed by atoms with van der Waals surface area (Å²) < 4.78 is 11.9. The molecule has 2 atom stereocenters. The number of imide groups is 1. The summed E-state index contributed by atoms with van der Waals surface area (Å²) >= 11 is 0. The molecule has 0 saturated carbocycles. The molecule has 1 saturated heterocycles. The van der Waals surface area contributed by atoms with Gasteiger partial charge in [-0.25, -0.2) is 0 Å². The summed E-state index contributed by atoms with van der Waals surface area (Å²) in [6.07, 6.45) is 3.22. The van der Waals surface area contributed by atoms with Crippen LogP contribution in [0, 0.1) is 0 Å². The van der Waals surface area contributed by atoms with Crippen molar-refractivity contribution in [3.63, 3.8) is 0 Å². The number of ether oxygens (including phenoxy) is 2. The van der Waals surface area contributed by atoms with E-state index >= 15 is 0 Å². The van der Waals surface area contributed by atoms with Crippen LogP contribution in [-0.2, 0) is 23.9 Å². The Bertz CT molecular complexity index is 607. The molecule has 1 fully saturated rings. The van der Waals surface area contributed by atoms with Gasteiger partial charge in [0.25, 0.3) is 11.8 Å². The van der Waals surface area contributed by atoms with Crippen molar-refractivity contribution in [2.75, 3.05) is 13.2 Å². The van der Waals surface area contributed by atoms with Gasteiger partial charge in [-0.3, -0.25) is 19.3 Å². The van der Waals surface area contributed by atoms with Crippen LogP contribution in [0.1, 0.15) is 54.4 Å². The van der Waals surface area contributed by atoms with Gasteiger partial charge in [0.15, 0.2) is 0 Å². The summed E-state index contributed by atoms with van der Waals surface area (Å²) in [5.41, 5.74) is -1.57. The van der Waals surface area contributed by atoms with Crippen molar-refractivity contribution >= 4 is 17.7 Å². The number of hydrogen-bond donors (Lipinski definition) is 1. The molecule has 0 bridgehead atoms. The number of carbonyl (C=O) groups is 3. The maximum atomic E-state index is 12.3. The monoisotopic (exact) mass is 366 g/mol. The fourth-order valence-corrected chi connectivity index (χ4v) is 3.36. The minimum Gasteiger partial charge on any atom is -0.372 e. The number of hydrogen-bond acceptors (Lipinski definition) is 5. The predicted molar refractivity (Wildman–Crippen MR) is 96.3 cm³/mol. The molecule has 2 heterocycles. The average molecular weight is 366 g/mol. The lowest BCUT2D eigenvalue weighted by Crippen LogP contribution is -2.54. The van der Waals surface area contributed by atoms with Crippen molar-refractivity contribution in [3.05, 3.63) is 12.2 Å². The average Bonchev–Trinajstić information content (AvgIpc) is 3.17. The summed E-state index contributed by atoms with van der Waals surface area (Å²) in [4.78, 5) is 36.5. The highest BCUT2D eigenvalue weighted by molar-refractivity contribution is 6.13. The van der Waals surface area contributed by atoms with Gasteiger partial charge in [-0.1, -0.05) is 6.92 Å². The third-order valence-corrected chi connectivity index (χ3v) is 5.25. The molecule has 2 aliphatic heterocycles. The fraction of sp³-hybridized carbons (Fsp3) is 0.737. The number of carbonyl (C=O) groups excluding carboxylic acids is 3. The van der Waals surface area contributed by atoms with Gasteiger partial charge in [0.1, 0.15) is 11.7 Å². The summed E-state index contributed by atoms with van der Waals surface area (Å²) in [7, 11) is 0. The quantitative estimate of drug-likeness (QED) is 0.494. The van der Waals surface area contributed by atoms with Crippen molar-refractivity contribution in [1.29, 1.82) is 0 Å². The Labute approximate surface area is 155 Å². The largest absolute Gasteiger partial charge is 0.372 e. The summed E-state index contributed by atoms with van der Waals surface area (Å²) in [5, 5.41) is 2.97. The van der Waals surface area contributed by atoms with Crippen LogP contribution in [0.2, 0.25) is 0 Å². The lowest BCUT2D eigenvalue weighted by Gasteiger charge is -2.33. The Morgan fingerprint density at radius 3 is 2.38 bits per heavy atom. The van der Waals surface area contributed by atoms with Gasteiger partial charge in [0, 0.05) is 31.7 Å².